The van der Waals surface area contributed by atoms with Crippen molar-refractivity contribution >= 4 is 11.7 Å². The number of amidine groups is 1. The van der Waals surface area contributed by atoms with Crippen molar-refractivity contribution in [1.82, 2.24) is 10.4 Å². The maximum atomic E-state index is 12.3. The Kier molecular flexibility index (Phi) is 3.21. The highest BCUT2D eigenvalue weighted by Gasteiger charge is 2.29. The Morgan fingerprint density at radius 2 is 1.60 bits per heavy atom. The van der Waals surface area contributed by atoms with E-state index in [1.54, 1.807) is 7.05 Å². The number of carbonyl (C=O) groups excluding carboxylic acids is 1. The fourth-order valence-corrected chi connectivity index (χ4v) is 2.20. The van der Waals surface area contributed by atoms with Crippen molar-refractivity contribution in [3.63, 3.8) is 0 Å². The van der Waals surface area contributed by atoms with Gasteiger partial charge >= 0.3 is 0 Å². The van der Waals surface area contributed by atoms with Crippen molar-refractivity contribution in [2.45, 2.75) is 6.04 Å². The van der Waals surface area contributed by atoms with Crippen LogP contribution >= 0.6 is 0 Å². The maximum absolute atomic E-state index is 12.3. The predicted molar refractivity (Wildman–Crippen MR) is 78.1 cm³/mol. The molecule has 1 N–H and O–H groups in total. The van der Waals surface area contributed by atoms with Gasteiger partial charge in [0.2, 0.25) is 0 Å². The molecule has 4 heteroatoms. The smallest absolute Gasteiger partial charge is 0.270 e. The van der Waals surface area contributed by atoms with E-state index in [2.05, 4.69) is 10.4 Å². The Bertz CT molecular complexity index is 637. The zero-order chi connectivity index (χ0) is 13.9. The topological polar surface area (TPSA) is 44.7 Å². The highest BCUT2D eigenvalue weighted by atomic mass is 16.2. The van der Waals surface area contributed by atoms with Gasteiger partial charge in [0.1, 0.15) is 5.84 Å². The van der Waals surface area contributed by atoms with E-state index < -0.39 is 6.04 Å². The van der Waals surface area contributed by atoms with Gasteiger partial charge in [-0.1, -0.05) is 60.7 Å². The number of hydrogen-bond donors (Lipinski definition) is 1. The Morgan fingerprint density at radius 3 is 2.25 bits per heavy atom. The minimum atomic E-state index is -0.488. The lowest BCUT2D eigenvalue weighted by molar-refractivity contribution is -0.133. The molecule has 0 radical (unpaired) electrons. The Balaban J connectivity index is 2.02. The van der Waals surface area contributed by atoms with Crippen molar-refractivity contribution in [2.24, 2.45) is 4.99 Å². The lowest BCUT2D eigenvalue weighted by Crippen LogP contribution is -2.49. The van der Waals surface area contributed by atoms with Crippen LogP contribution in [-0.2, 0) is 4.79 Å². The molecule has 0 bridgehead atoms. The molecule has 1 aliphatic rings. The van der Waals surface area contributed by atoms with Crippen LogP contribution in [0, 0.1) is 0 Å². The summed E-state index contributed by atoms with van der Waals surface area (Å²) in [4.78, 5) is 16.8. The van der Waals surface area contributed by atoms with Crippen molar-refractivity contribution in [3.05, 3.63) is 71.8 Å². The summed E-state index contributed by atoms with van der Waals surface area (Å²) in [6.07, 6.45) is 0. The van der Waals surface area contributed by atoms with Crippen LogP contribution in [0.15, 0.2) is 65.7 Å². The molecule has 0 saturated carbocycles. The summed E-state index contributed by atoms with van der Waals surface area (Å²) in [5, 5.41) is 1.49. The van der Waals surface area contributed by atoms with Gasteiger partial charge in [-0.05, 0) is 5.56 Å². The van der Waals surface area contributed by atoms with E-state index in [9.17, 15) is 4.79 Å². The van der Waals surface area contributed by atoms with Gasteiger partial charge in [0.25, 0.3) is 5.91 Å². The highest BCUT2D eigenvalue weighted by Crippen LogP contribution is 2.22. The molecule has 100 valence electrons. The van der Waals surface area contributed by atoms with Crippen LogP contribution in [0.25, 0.3) is 0 Å². The average molecular weight is 265 g/mol. The molecule has 0 aromatic heterocycles. The van der Waals surface area contributed by atoms with Crippen LogP contribution in [0.4, 0.5) is 0 Å². The largest absolute Gasteiger partial charge is 0.279 e. The molecular formula is C16H15N3O. The predicted octanol–water partition coefficient (Wildman–Crippen LogP) is 2.15. The minimum absolute atomic E-state index is 0.0594. The number of likely N-dealkylation sites (N-methyl/N-ethyl adjacent to an activating group) is 1. The first-order chi connectivity index (χ1) is 9.75. The van der Waals surface area contributed by atoms with E-state index in [1.165, 1.54) is 5.01 Å². The van der Waals surface area contributed by atoms with E-state index in [1.807, 2.05) is 60.7 Å². The van der Waals surface area contributed by atoms with E-state index in [-0.39, 0.29) is 5.91 Å². The van der Waals surface area contributed by atoms with Crippen LogP contribution in [0.2, 0.25) is 0 Å². The third-order valence-corrected chi connectivity index (χ3v) is 3.26. The fourth-order valence-electron chi connectivity index (χ4n) is 2.20. The summed E-state index contributed by atoms with van der Waals surface area (Å²) in [6.45, 7) is 0. The van der Waals surface area contributed by atoms with Crippen molar-refractivity contribution in [1.29, 1.82) is 0 Å². The number of benzene rings is 2. The normalized spacial score (nSPS) is 18.4. The molecule has 1 aliphatic heterocycles. The van der Waals surface area contributed by atoms with Crippen LogP contribution in [0.1, 0.15) is 17.2 Å². The molecule has 3 rings (SSSR count). The molecule has 2 aromatic rings. The van der Waals surface area contributed by atoms with E-state index in [4.69, 9.17) is 0 Å². The molecule has 20 heavy (non-hydrogen) atoms. The van der Waals surface area contributed by atoms with E-state index in [0.717, 1.165) is 11.1 Å². The van der Waals surface area contributed by atoms with Gasteiger partial charge < -0.3 is 0 Å². The summed E-state index contributed by atoms with van der Waals surface area (Å²) in [6, 6.07) is 18.9. The van der Waals surface area contributed by atoms with Gasteiger partial charge in [-0.3, -0.25) is 15.2 Å². The van der Waals surface area contributed by atoms with Crippen molar-refractivity contribution in [2.75, 3.05) is 7.05 Å². The molecule has 1 atom stereocenters. The number of amides is 1. The molecule has 0 fully saturated rings. The first-order valence-electron chi connectivity index (χ1n) is 6.48. The SMILES string of the molecule is CN1NC(c2ccccc2)=NC(c2ccccc2)C1=O. The second-order valence-electron chi connectivity index (χ2n) is 4.67. The lowest BCUT2D eigenvalue weighted by atomic mass is 10.1. The Hall–Kier alpha value is -2.62. The van der Waals surface area contributed by atoms with E-state index in [0.29, 0.717) is 5.84 Å². The quantitative estimate of drug-likeness (QED) is 0.904. The number of hydrogen-bond acceptors (Lipinski definition) is 3. The number of carbonyl (C=O) groups is 1. The first kappa shape index (κ1) is 12.4. The molecular weight excluding hydrogens is 250 g/mol. The number of nitrogens with one attached hydrogen (secondary N) is 1. The van der Waals surface area contributed by atoms with Crippen LogP contribution in [0.5, 0.6) is 0 Å². The van der Waals surface area contributed by atoms with Gasteiger partial charge in [0.15, 0.2) is 6.04 Å². The van der Waals surface area contributed by atoms with Gasteiger partial charge in [-0.25, -0.2) is 4.99 Å². The van der Waals surface area contributed by atoms with Gasteiger partial charge in [-0.2, -0.15) is 0 Å². The number of nitrogens with zero attached hydrogens (tertiary/aromatic N) is 2. The van der Waals surface area contributed by atoms with Crippen LogP contribution < -0.4 is 5.43 Å². The average Bonchev–Trinajstić information content (AvgIpc) is 2.51. The number of rotatable bonds is 2. The molecule has 1 amide bonds. The summed E-state index contributed by atoms with van der Waals surface area (Å²) < 4.78 is 0. The minimum Gasteiger partial charge on any atom is -0.279 e. The molecule has 0 spiro atoms. The van der Waals surface area contributed by atoms with Crippen LogP contribution in [-0.4, -0.2) is 23.8 Å². The summed E-state index contributed by atoms with van der Waals surface area (Å²) in [5.74, 6) is 0.650. The molecule has 0 aliphatic carbocycles. The summed E-state index contributed by atoms with van der Waals surface area (Å²) in [5.41, 5.74) is 4.88. The first-order valence-corrected chi connectivity index (χ1v) is 6.48. The number of hydrazine groups is 1. The Morgan fingerprint density at radius 1 is 1.00 bits per heavy atom. The van der Waals surface area contributed by atoms with Gasteiger partial charge in [-0.15, -0.1) is 0 Å². The highest BCUT2D eigenvalue weighted by molar-refractivity contribution is 6.03. The molecule has 1 heterocycles. The molecule has 0 saturated heterocycles. The summed E-state index contributed by atoms with van der Waals surface area (Å²) in [7, 11) is 1.72. The second kappa shape index (κ2) is 5.17. The molecule has 1 unspecified atom stereocenters. The van der Waals surface area contributed by atoms with Gasteiger partial charge in [0, 0.05) is 12.6 Å². The zero-order valence-electron chi connectivity index (χ0n) is 11.2. The maximum Gasteiger partial charge on any atom is 0.270 e. The monoisotopic (exact) mass is 265 g/mol. The van der Waals surface area contributed by atoms with Crippen molar-refractivity contribution < 1.29 is 4.79 Å². The lowest BCUT2D eigenvalue weighted by Gasteiger charge is -2.29. The second-order valence-corrected chi connectivity index (χ2v) is 4.67. The molecule has 2 aromatic carbocycles. The summed E-state index contributed by atoms with van der Waals surface area (Å²) >= 11 is 0. The van der Waals surface area contributed by atoms with Gasteiger partial charge in [0.05, 0.1) is 0 Å². The van der Waals surface area contributed by atoms with Crippen molar-refractivity contribution in [3.8, 4) is 0 Å². The standard InChI is InChI=1S/C16H15N3O/c1-19-16(20)14(12-8-4-2-5-9-12)17-15(18-19)13-10-6-3-7-11-13/h2-11,14H,1H3,(H,17,18). The zero-order valence-corrected chi connectivity index (χ0v) is 11.2. The Labute approximate surface area is 117 Å². The third kappa shape index (κ3) is 2.28. The van der Waals surface area contributed by atoms with Crippen LogP contribution in [0.3, 0.4) is 0 Å². The fraction of sp³-hybridized carbons (Fsp3) is 0.125. The van der Waals surface area contributed by atoms with E-state index >= 15 is 0 Å². The number of aliphatic imine (C=N–C) groups is 1. The molecule has 4 nitrogen and oxygen atoms in total. The third-order valence-electron chi connectivity index (χ3n) is 3.26.